The van der Waals surface area contributed by atoms with Gasteiger partial charge in [0.05, 0.1) is 23.5 Å². The van der Waals surface area contributed by atoms with E-state index in [0.29, 0.717) is 23.8 Å². The van der Waals surface area contributed by atoms with Gasteiger partial charge in [0.2, 0.25) is 5.91 Å². The largest absolute Gasteiger partial charge is 0.309 e. The number of carbonyl (C=O) groups is 1. The van der Waals surface area contributed by atoms with Crippen LogP contribution < -0.4 is 5.32 Å². The zero-order valence-electron chi connectivity index (χ0n) is 10.2. The second-order valence-electron chi connectivity index (χ2n) is 3.97. The molecular weight excluding hydrogens is 254 g/mol. The molecule has 0 aliphatic rings. The van der Waals surface area contributed by atoms with Crippen LogP contribution in [0, 0.1) is 6.92 Å². The van der Waals surface area contributed by atoms with E-state index in [1.807, 2.05) is 6.92 Å². The summed E-state index contributed by atoms with van der Waals surface area (Å²) in [6, 6.07) is 1.74. The smallest absolute Gasteiger partial charge is 0.227 e. The van der Waals surface area contributed by atoms with E-state index in [-0.39, 0.29) is 5.91 Å². The van der Waals surface area contributed by atoms with Gasteiger partial charge in [0.25, 0.3) is 0 Å². The molecule has 0 radical (unpaired) electrons. The Balaban J connectivity index is 1.87. The Hall–Kier alpha value is -1.82. The third-order valence-electron chi connectivity index (χ3n) is 2.58. The Morgan fingerprint density at radius 1 is 1.56 bits per heavy atom. The van der Waals surface area contributed by atoms with Crippen molar-refractivity contribution in [3.8, 4) is 0 Å². The van der Waals surface area contributed by atoms with E-state index in [1.165, 1.54) is 0 Å². The van der Waals surface area contributed by atoms with Crippen molar-refractivity contribution in [2.75, 3.05) is 5.32 Å². The zero-order chi connectivity index (χ0) is 13.1. The van der Waals surface area contributed by atoms with Crippen molar-refractivity contribution in [2.24, 2.45) is 7.05 Å². The number of halogens is 1. The van der Waals surface area contributed by atoms with E-state index >= 15 is 0 Å². The van der Waals surface area contributed by atoms with E-state index in [0.717, 1.165) is 5.69 Å². The minimum absolute atomic E-state index is 0.0975. The van der Waals surface area contributed by atoms with Gasteiger partial charge in [-0.05, 0) is 6.92 Å². The van der Waals surface area contributed by atoms with Gasteiger partial charge in [-0.25, -0.2) is 0 Å². The summed E-state index contributed by atoms with van der Waals surface area (Å²) in [6.45, 7) is 2.36. The van der Waals surface area contributed by atoms with Crippen molar-refractivity contribution >= 4 is 23.3 Å². The quantitative estimate of drug-likeness (QED) is 0.915. The number of amides is 1. The molecule has 18 heavy (non-hydrogen) atoms. The molecule has 0 fully saturated rings. The van der Waals surface area contributed by atoms with Gasteiger partial charge >= 0.3 is 0 Å². The van der Waals surface area contributed by atoms with Gasteiger partial charge in [-0.2, -0.15) is 10.2 Å². The van der Waals surface area contributed by atoms with Crippen LogP contribution >= 0.6 is 11.6 Å². The molecule has 0 saturated carbocycles. The normalized spacial score (nSPS) is 10.6. The summed E-state index contributed by atoms with van der Waals surface area (Å²) < 4.78 is 3.34. The molecule has 0 aromatic carbocycles. The Morgan fingerprint density at radius 3 is 2.89 bits per heavy atom. The number of aromatic nitrogens is 4. The highest BCUT2D eigenvalue weighted by molar-refractivity contribution is 6.31. The number of nitrogens with zero attached hydrogens (tertiary/aromatic N) is 4. The lowest BCUT2D eigenvalue weighted by atomic mass is 10.4. The Kier molecular flexibility index (Phi) is 3.66. The molecule has 0 atom stereocenters. The second kappa shape index (κ2) is 5.22. The summed E-state index contributed by atoms with van der Waals surface area (Å²) in [5.74, 6) is 0.456. The fourth-order valence-corrected chi connectivity index (χ4v) is 1.68. The molecule has 2 rings (SSSR count). The van der Waals surface area contributed by atoms with E-state index < -0.39 is 0 Å². The second-order valence-corrected chi connectivity index (χ2v) is 4.38. The molecule has 2 heterocycles. The molecule has 0 aliphatic heterocycles. The summed E-state index contributed by atoms with van der Waals surface area (Å²) in [6.07, 6.45) is 3.68. The first-order chi connectivity index (χ1) is 8.56. The molecule has 1 N–H and O–H groups in total. The van der Waals surface area contributed by atoms with Crippen molar-refractivity contribution in [3.05, 3.63) is 29.2 Å². The summed E-state index contributed by atoms with van der Waals surface area (Å²) in [5.41, 5.74) is 0.863. The molecule has 2 aromatic heterocycles. The Labute approximate surface area is 110 Å². The third-order valence-corrected chi connectivity index (χ3v) is 2.95. The van der Waals surface area contributed by atoms with Crippen LogP contribution in [0.4, 0.5) is 5.82 Å². The van der Waals surface area contributed by atoms with Gasteiger partial charge in [0.1, 0.15) is 0 Å². The highest BCUT2D eigenvalue weighted by atomic mass is 35.5. The molecule has 0 unspecified atom stereocenters. The molecule has 96 valence electrons. The van der Waals surface area contributed by atoms with Crippen LogP contribution in [0.15, 0.2) is 18.5 Å². The average molecular weight is 268 g/mol. The molecule has 2 aromatic rings. The Morgan fingerprint density at radius 2 is 2.33 bits per heavy atom. The first kappa shape index (κ1) is 12.6. The van der Waals surface area contributed by atoms with E-state index in [4.69, 9.17) is 11.6 Å². The van der Waals surface area contributed by atoms with E-state index in [1.54, 1.807) is 34.9 Å². The summed E-state index contributed by atoms with van der Waals surface area (Å²) in [4.78, 5) is 11.7. The minimum Gasteiger partial charge on any atom is -0.309 e. The molecule has 0 saturated heterocycles. The number of nitrogens with one attached hydrogen (secondary N) is 1. The highest BCUT2D eigenvalue weighted by Gasteiger charge is 2.08. The van der Waals surface area contributed by atoms with Crippen LogP contribution in [0.2, 0.25) is 5.02 Å². The molecule has 6 nitrogen and oxygen atoms in total. The van der Waals surface area contributed by atoms with Crippen molar-refractivity contribution in [1.29, 1.82) is 0 Å². The van der Waals surface area contributed by atoms with Gasteiger partial charge in [-0.1, -0.05) is 11.6 Å². The fourth-order valence-electron chi connectivity index (χ4n) is 1.54. The lowest BCUT2D eigenvalue weighted by Gasteiger charge is -2.04. The molecule has 7 heteroatoms. The molecule has 1 amide bonds. The maximum absolute atomic E-state index is 11.7. The SMILES string of the molecule is Cc1c(Cl)cnn1CCC(=O)Nc1ccn(C)n1. The monoisotopic (exact) mass is 267 g/mol. The van der Waals surface area contributed by atoms with Crippen LogP contribution in [-0.4, -0.2) is 25.5 Å². The van der Waals surface area contributed by atoms with Gasteiger partial charge in [0, 0.05) is 25.7 Å². The van der Waals surface area contributed by atoms with Crippen LogP contribution in [0.1, 0.15) is 12.1 Å². The van der Waals surface area contributed by atoms with Crippen molar-refractivity contribution in [1.82, 2.24) is 19.6 Å². The number of carbonyl (C=O) groups excluding carboxylic acids is 1. The first-order valence-electron chi connectivity index (χ1n) is 5.53. The summed E-state index contributed by atoms with van der Waals surface area (Å²) >= 11 is 5.88. The number of hydrogen-bond donors (Lipinski definition) is 1. The zero-order valence-corrected chi connectivity index (χ0v) is 11.0. The van der Waals surface area contributed by atoms with Gasteiger partial charge < -0.3 is 5.32 Å². The lowest BCUT2D eigenvalue weighted by Crippen LogP contribution is -2.16. The van der Waals surface area contributed by atoms with Crippen molar-refractivity contribution in [2.45, 2.75) is 19.9 Å². The van der Waals surface area contributed by atoms with Crippen LogP contribution in [0.5, 0.6) is 0 Å². The van der Waals surface area contributed by atoms with Gasteiger partial charge in [0.15, 0.2) is 5.82 Å². The average Bonchev–Trinajstić information content (AvgIpc) is 2.86. The molecular formula is C11H14ClN5O. The maximum atomic E-state index is 11.7. The lowest BCUT2D eigenvalue weighted by molar-refractivity contribution is -0.116. The number of anilines is 1. The predicted octanol–water partition coefficient (Wildman–Crippen LogP) is 1.61. The number of aryl methyl sites for hydroxylation is 2. The van der Waals surface area contributed by atoms with Gasteiger partial charge in [-0.15, -0.1) is 0 Å². The fraction of sp³-hybridized carbons (Fsp3) is 0.364. The Bertz CT molecular complexity index is 560. The third kappa shape index (κ3) is 2.89. The maximum Gasteiger partial charge on any atom is 0.227 e. The molecule has 0 spiro atoms. The minimum atomic E-state index is -0.0975. The van der Waals surface area contributed by atoms with Crippen LogP contribution in [-0.2, 0) is 18.4 Å². The van der Waals surface area contributed by atoms with Crippen LogP contribution in [0.3, 0.4) is 0 Å². The predicted molar refractivity (Wildman–Crippen MR) is 68.4 cm³/mol. The summed E-state index contributed by atoms with van der Waals surface area (Å²) in [7, 11) is 1.80. The summed E-state index contributed by atoms with van der Waals surface area (Å²) in [5, 5.41) is 11.5. The first-order valence-corrected chi connectivity index (χ1v) is 5.91. The topological polar surface area (TPSA) is 64.7 Å². The van der Waals surface area contributed by atoms with Gasteiger partial charge in [-0.3, -0.25) is 14.2 Å². The highest BCUT2D eigenvalue weighted by Crippen LogP contribution is 2.13. The standard InChI is InChI=1S/C11H14ClN5O/c1-8-9(12)7-13-17(8)6-4-11(18)14-10-3-5-16(2)15-10/h3,5,7H,4,6H2,1-2H3,(H,14,15,18). The molecule has 0 aliphatic carbocycles. The number of rotatable bonds is 4. The number of hydrogen-bond acceptors (Lipinski definition) is 3. The van der Waals surface area contributed by atoms with E-state index in [2.05, 4.69) is 15.5 Å². The van der Waals surface area contributed by atoms with E-state index in [9.17, 15) is 4.79 Å². The molecule has 0 bridgehead atoms. The van der Waals surface area contributed by atoms with Crippen LogP contribution in [0.25, 0.3) is 0 Å². The van der Waals surface area contributed by atoms with Crippen molar-refractivity contribution in [3.63, 3.8) is 0 Å². The van der Waals surface area contributed by atoms with Crippen molar-refractivity contribution < 1.29 is 4.79 Å².